The Hall–Kier alpha value is -8.74. The highest BCUT2D eigenvalue weighted by Gasteiger charge is 2.18. The summed E-state index contributed by atoms with van der Waals surface area (Å²) in [5.74, 6) is 1.80. The summed E-state index contributed by atoms with van der Waals surface area (Å²) >= 11 is 0. The van der Waals surface area contributed by atoms with Gasteiger partial charge in [-0.1, -0.05) is 172 Å². The van der Waals surface area contributed by atoms with Gasteiger partial charge < -0.3 is 0 Å². The quantitative estimate of drug-likeness (QED) is 0.173. The molecule has 13 aromatic rings. The number of hydrogen-bond donors (Lipinski definition) is 0. The van der Waals surface area contributed by atoms with Crippen molar-refractivity contribution in [1.82, 2.24) is 28.7 Å². The number of aromatic nitrogens is 6. The molecule has 0 bridgehead atoms. The van der Waals surface area contributed by atoms with Gasteiger partial charge in [0.2, 0.25) is 0 Å². The number of benzene rings is 9. The number of para-hydroxylation sites is 6. The van der Waals surface area contributed by atoms with Crippen LogP contribution in [0.1, 0.15) is 13.8 Å². The molecule has 0 unspecified atom stereocenters. The molecule has 0 atom stereocenters. The van der Waals surface area contributed by atoms with E-state index in [1.807, 2.05) is 56.3 Å². The summed E-state index contributed by atoms with van der Waals surface area (Å²) in [5, 5.41) is 2.11. The third kappa shape index (κ3) is 7.30. The lowest BCUT2D eigenvalue weighted by molar-refractivity contribution is 1.16. The van der Waals surface area contributed by atoms with E-state index in [2.05, 4.69) is 197 Å². The first-order chi connectivity index (χ1) is 32.7. The second-order valence-corrected chi connectivity index (χ2v) is 15.9. The second-order valence-electron chi connectivity index (χ2n) is 15.9. The van der Waals surface area contributed by atoms with Gasteiger partial charge in [0.25, 0.3) is 0 Å². The van der Waals surface area contributed by atoms with E-state index in [4.69, 9.17) is 19.9 Å². The zero-order chi connectivity index (χ0) is 44.4. The van der Waals surface area contributed by atoms with Crippen LogP contribution in [0.2, 0.25) is 0 Å². The molecule has 13 rings (SSSR count). The average molecular weight is 849 g/mol. The Kier molecular flexibility index (Phi) is 10.6. The lowest BCUT2D eigenvalue weighted by Gasteiger charge is -2.13. The molecule has 66 heavy (non-hydrogen) atoms. The van der Waals surface area contributed by atoms with Crippen LogP contribution >= 0.6 is 0 Å². The molecule has 0 spiro atoms. The normalized spacial score (nSPS) is 11.2. The fourth-order valence-corrected chi connectivity index (χ4v) is 8.90. The first kappa shape index (κ1) is 40.1. The van der Waals surface area contributed by atoms with Gasteiger partial charge in [-0.15, -0.1) is 0 Å². The molecule has 4 heterocycles. The van der Waals surface area contributed by atoms with Crippen LogP contribution in [0.3, 0.4) is 0 Å². The highest BCUT2D eigenvalue weighted by Crippen LogP contribution is 2.36. The molecule has 9 aromatic carbocycles. The zero-order valence-electron chi connectivity index (χ0n) is 36.6. The standard InChI is InChI=1S/C32H21N3.C26H17N3.C2H6/c1-3-11-22(12-4-1)24-19-25(23-13-5-2-6-14-23)21-26(20-24)31-33-28-16-8-7-15-27(28)32-34-29-17-9-10-18-30(29)35(31)32;1-2-9-18(10-3-1)19-11-8-12-20(17-19)25-27-22-14-5-4-13-21(22)26-28-23-15-6-7-16-24(23)29(25)26;1-2/h1-21H;1-17H;1-2H3. The summed E-state index contributed by atoms with van der Waals surface area (Å²) in [6.07, 6.45) is 0. The number of nitrogens with zero attached hydrogens (tertiary/aromatic N) is 6. The Labute approximate surface area is 382 Å². The zero-order valence-corrected chi connectivity index (χ0v) is 36.6. The Balaban J connectivity index is 0.000000143. The Morgan fingerprint density at radius 3 is 1.08 bits per heavy atom. The van der Waals surface area contributed by atoms with Crippen LogP contribution < -0.4 is 0 Å². The van der Waals surface area contributed by atoms with E-state index < -0.39 is 0 Å². The molecule has 0 fully saturated rings. The fraction of sp³-hybridized carbons (Fsp3) is 0.0333. The number of fused-ring (bicyclic) bond motifs is 10. The third-order valence-electron chi connectivity index (χ3n) is 11.9. The number of hydrogen-bond acceptors (Lipinski definition) is 4. The molecule has 4 aromatic heterocycles. The van der Waals surface area contributed by atoms with Crippen molar-refractivity contribution < 1.29 is 0 Å². The number of imidazole rings is 2. The van der Waals surface area contributed by atoms with Gasteiger partial charge in [-0.05, 0) is 106 Å². The maximum atomic E-state index is 5.19. The summed E-state index contributed by atoms with van der Waals surface area (Å²) in [6, 6.07) is 79.8. The lowest BCUT2D eigenvalue weighted by atomic mass is 9.95. The van der Waals surface area contributed by atoms with Crippen molar-refractivity contribution in [2.75, 3.05) is 0 Å². The summed E-state index contributed by atoms with van der Waals surface area (Å²) in [7, 11) is 0. The molecule has 0 radical (unpaired) electrons. The first-order valence-corrected chi connectivity index (χ1v) is 22.5. The van der Waals surface area contributed by atoms with Crippen molar-refractivity contribution in [1.29, 1.82) is 0 Å². The predicted octanol–water partition coefficient (Wildman–Crippen LogP) is 15.4. The average Bonchev–Trinajstić information content (AvgIpc) is 4.00. The van der Waals surface area contributed by atoms with Crippen LogP contribution in [0.15, 0.2) is 231 Å². The number of rotatable bonds is 5. The van der Waals surface area contributed by atoms with Crippen LogP contribution in [0.25, 0.3) is 111 Å². The monoisotopic (exact) mass is 848 g/mol. The predicted molar refractivity (Wildman–Crippen MR) is 275 cm³/mol. The van der Waals surface area contributed by atoms with Crippen LogP contribution in [0.5, 0.6) is 0 Å². The molecule has 0 aliphatic carbocycles. The largest absolute Gasteiger partial charge is 0.276 e. The summed E-state index contributed by atoms with van der Waals surface area (Å²) in [5.41, 5.74) is 17.0. The van der Waals surface area contributed by atoms with E-state index in [1.54, 1.807) is 0 Å². The molecule has 0 N–H and O–H groups in total. The van der Waals surface area contributed by atoms with Crippen LogP contribution in [0.4, 0.5) is 0 Å². The molecule has 6 heteroatoms. The van der Waals surface area contributed by atoms with Gasteiger partial charge in [0.05, 0.1) is 33.1 Å². The first-order valence-electron chi connectivity index (χ1n) is 22.5. The van der Waals surface area contributed by atoms with Crippen LogP contribution in [0, 0.1) is 0 Å². The van der Waals surface area contributed by atoms with Gasteiger partial charge in [0.1, 0.15) is 22.9 Å². The Bertz CT molecular complexity index is 3780. The maximum absolute atomic E-state index is 5.19. The van der Waals surface area contributed by atoms with E-state index in [9.17, 15) is 0 Å². The van der Waals surface area contributed by atoms with E-state index in [1.165, 1.54) is 22.3 Å². The van der Waals surface area contributed by atoms with Gasteiger partial charge in [-0.3, -0.25) is 8.80 Å². The second kappa shape index (κ2) is 17.4. The molecule has 314 valence electrons. The highest BCUT2D eigenvalue weighted by atomic mass is 15.1. The van der Waals surface area contributed by atoms with Crippen molar-refractivity contribution in [3.05, 3.63) is 231 Å². The van der Waals surface area contributed by atoms with Gasteiger partial charge >= 0.3 is 0 Å². The van der Waals surface area contributed by atoms with E-state index >= 15 is 0 Å². The smallest absolute Gasteiger partial charge is 0.149 e. The maximum Gasteiger partial charge on any atom is 0.149 e. The summed E-state index contributed by atoms with van der Waals surface area (Å²) in [6.45, 7) is 4.00. The topological polar surface area (TPSA) is 60.4 Å². The van der Waals surface area contributed by atoms with Gasteiger partial charge in [-0.25, -0.2) is 19.9 Å². The molecule has 0 amide bonds. The minimum atomic E-state index is 0.891. The van der Waals surface area contributed by atoms with E-state index in [0.29, 0.717) is 0 Å². The minimum absolute atomic E-state index is 0.891. The van der Waals surface area contributed by atoms with Gasteiger partial charge in [0, 0.05) is 21.9 Å². The summed E-state index contributed by atoms with van der Waals surface area (Å²) < 4.78 is 4.39. The fourth-order valence-electron chi connectivity index (χ4n) is 8.90. The lowest BCUT2D eigenvalue weighted by Crippen LogP contribution is -1.98. The molecule has 0 aliphatic rings. The molecule has 0 saturated carbocycles. The third-order valence-corrected chi connectivity index (χ3v) is 11.9. The Morgan fingerprint density at radius 2 is 0.591 bits per heavy atom. The van der Waals surface area contributed by atoms with E-state index in [-0.39, 0.29) is 0 Å². The van der Waals surface area contributed by atoms with Gasteiger partial charge in [-0.2, -0.15) is 0 Å². The van der Waals surface area contributed by atoms with Crippen LogP contribution in [-0.4, -0.2) is 28.7 Å². The minimum Gasteiger partial charge on any atom is -0.276 e. The molecular formula is C60H44N6. The van der Waals surface area contributed by atoms with Crippen molar-refractivity contribution in [3.63, 3.8) is 0 Å². The van der Waals surface area contributed by atoms with E-state index in [0.717, 1.165) is 89.1 Å². The highest BCUT2D eigenvalue weighted by molar-refractivity contribution is 6.00. The molecule has 0 saturated heterocycles. The van der Waals surface area contributed by atoms with Crippen molar-refractivity contribution in [3.8, 4) is 56.2 Å². The van der Waals surface area contributed by atoms with Crippen molar-refractivity contribution in [2.24, 2.45) is 0 Å². The van der Waals surface area contributed by atoms with Crippen molar-refractivity contribution in [2.45, 2.75) is 13.8 Å². The molecular weight excluding hydrogens is 805 g/mol. The van der Waals surface area contributed by atoms with Crippen LogP contribution in [-0.2, 0) is 0 Å². The summed E-state index contributed by atoms with van der Waals surface area (Å²) in [4.78, 5) is 20.2. The molecule has 6 nitrogen and oxygen atoms in total. The Morgan fingerprint density at radius 1 is 0.258 bits per heavy atom. The SMILES string of the molecule is CC.c1ccc(-c2cc(-c3ccccc3)cc(-c3nc4ccccc4c4nc5ccccc5n34)c2)cc1.c1ccc(-c2cccc(-c3nc4ccccc4c4nc5ccccc5n34)c2)cc1. The van der Waals surface area contributed by atoms with Gasteiger partial charge in [0.15, 0.2) is 0 Å². The van der Waals surface area contributed by atoms with Crippen molar-refractivity contribution >= 4 is 55.2 Å². The molecule has 0 aliphatic heterocycles.